The number of hydrogen-bond donors (Lipinski definition) is 0. The predicted molar refractivity (Wildman–Crippen MR) is 119 cm³/mol. The van der Waals surface area contributed by atoms with Crippen molar-refractivity contribution in [3.05, 3.63) is 64.2 Å². The molecule has 0 radical (unpaired) electrons. The topological polar surface area (TPSA) is 84.5 Å². The van der Waals surface area contributed by atoms with Crippen LogP contribution in [0.15, 0.2) is 57.9 Å². The van der Waals surface area contributed by atoms with Crippen LogP contribution in [-0.4, -0.2) is 51.5 Å². The second-order valence-electron chi connectivity index (χ2n) is 7.40. The molecule has 4 aromatic rings. The number of amides is 1. The van der Waals surface area contributed by atoms with Crippen LogP contribution in [0.3, 0.4) is 0 Å². The molecule has 158 valence electrons. The molecule has 3 aromatic heterocycles. The van der Waals surface area contributed by atoms with E-state index < -0.39 is 5.69 Å². The van der Waals surface area contributed by atoms with Crippen molar-refractivity contribution in [2.24, 2.45) is 0 Å². The van der Waals surface area contributed by atoms with Crippen molar-refractivity contribution in [3.8, 4) is 11.5 Å². The van der Waals surface area contributed by atoms with Crippen molar-refractivity contribution in [1.82, 2.24) is 19.4 Å². The number of carbonyl (C=O) groups excluding carboxylic acids is 1. The molecule has 1 aliphatic rings. The Kier molecular flexibility index (Phi) is 5.03. The Balaban J connectivity index is 1.37. The van der Waals surface area contributed by atoms with Gasteiger partial charge in [-0.25, -0.2) is 9.78 Å². The number of hydrogen-bond acceptors (Lipinski definition) is 7. The molecule has 1 fully saturated rings. The average molecular weight is 436 g/mol. The van der Waals surface area contributed by atoms with Crippen molar-refractivity contribution < 1.29 is 9.21 Å². The lowest BCUT2D eigenvalue weighted by Gasteiger charge is -2.36. The number of aromatic nitrogens is 3. The second-order valence-corrected chi connectivity index (χ2v) is 8.58. The molecule has 1 aliphatic heterocycles. The fourth-order valence-corrected chi connectivity index (χ4v) is 4.77. The number of aryl methyl sites for hydroxylation is 1. The van der Waals surface area contributed by atoms with Crippen molar-refractivity contribution >= 4 is 33.3 Å². The molecule has 0 N–H and O–H groups in total. The molecule has 1 aromatic carbocycles. The van der Waals surface area contributed by atoms with E-state index >= 15 is 0 Å². The smallest absolute Gasteiger partial charge is 0.349 e. The number of thiazole rings is 1. The fourth-order valence-electron chi connectivity index (χ4n) is 3.86. The Morgan fingerprint density at radius 2 is 1.84 bits per heavy atom. The van der Waals surface area contributed by atoms with Gasteiger partial charge in [0.15, 0.2) is 5.76 Å². The summed E-state index contributed by atoms with van der Waals surface area (Å²) in [6, 6.07) is 13.7. The summed E-state index contributed by atoms with van der Waals surface area (Å²) in [6.07, 6.45) is 1.53. The van der Waals surface area contributed by atoms with E-state index in [-0.39, 0.29) is 12.5 Å². The van der Waals surface area contributed by atoms with Crippen LogP contribution in [0.25, 0.3) is 21.8 Å². The van der Waals surface area contributed by atoms with Crippen molar-refractivity contribution in [3.63, 3.8) is 0 Å². The Morgan fingerprint density at radius 1 is 1.06 bits per heavy atom. The van der Waals surface area contributed by atoms with Crippen LogP contribution in [0, 0.1) is 6.92 Å². The minimum absolute atomic E-state index is 0.0479. The summed E-state index contributed by atoms with van der Waals surface area (Å²) in [7, 11) is 0. The first-order chi connectivity index (χ1) is 15.1. The molecule has 31 heavy (non-hydrogen) atoms. The highest BCUT2D eigenvalue weighted by molar-refractivity contribution is 7.18. The van der Waals surface area contributed by atoms with E-state index in [4.69, 9.17) is 4.42 Å². The van der Waals surface area contributed by atoms with Gasteiger partial charge in [-0.2, -0.15) is 4.98 Å². The standard InChI is InChI=1S/C22H21N5O3S/c1-15-23-20-19(17-8-5-13-30-17)24-22(29)27(21(20)31-15)14-18(28)26-11-9-25(10-12-26)16-6-3-2-4-7-16/h2-8,13H,9-12,14H2,1H3. The van der Waals surface area contributed by atoms with Gasteiger partial charge in [0.1, 0.15) is 22.6 Å². The summed E-state index contributed by atoms with van der Waals surface area (Å²) in [5.74, 6) is 0.401. The van der Waals surface area contributed by atoms with Gasteiger partial charge < -0.3 is 14.2 Å². The molecular formula is C22H21N5O3S. The maximum Gasteiger partial charge on any atom is 0.349 e. The van der Waals surface area contributed by atoms with Crippen molar-refractivity contribution in [2.75, 3.05) is 31.1 Å². The van der Waals surface area contributed by atoms with Gasteiger partial charge in [0.05, 0.1) is 11.3 Å². The molecule has 1 amide bonds. The van der Waals surface area contributed by atoms with Gasteiger partial charge in [0, 0.05) is 31.9 Å². The van der Waals surface area contributed by atoms with Crippen molar-refractivity contribution in [1.29, 1.82) is 0 Å². The Labute approximate surface area is 182 Å². The SMILES string of the molecule is Cc1nc2c(-c3ccco3)nc(=O)n(CC(=O)N3CCN(c4ccccc4)CC3)c2s1. The fraction of sp³-hybridized carbons (Fsp3) is 0.273. The minimum atomic E-state index is -0.473. The zero-order valence-electron chi connectivity index (χ0n) is 17.0. The van der Waals surface area contributed by atoms with E-state index in [1.54, 1.807) is 12.1 Å². The summed E-state index contributed by atoms with van der Waals surface area (Å²) < 4.78 is 6.86. The van der Waals surface area contributed by atoms with E-state index in [9.17, 15) is 9.59 Å². The lowest BCUT2D eigenvalue weighted by Crippen LogP contribution is -2.50. The number of anilines is 1. The lowest BCUT2D eigenvalue weighted by atomic mass is 10.2. The summed E-state index contributed by atoms with van der Waals surface area (Å²) in [6.45, 7) is 4.57. The molecule has 4 heterocycles. The normalized spacial score (nSPS) is 14.4. The van der Waals surface area contributed by atoms with Crippen LogP contribution in [0.5, 0.6) is 0 Å². The summed E-state index contributed by atoms with van der Waals surface area (Å²) in [4.78, 5) is 39.3. The number of nitrogens with zero attached hydrogens (tertiary/aromatic N) is 5. The zero-order valence-corrected chi connectivity index (χ0v) is 17.8. The maximum atomic E-state index is 13.0. The van der Waals surface area contributed by atoms with Crippen LogP contribution < -0.4 is 10.6 Å². The van der Waals surface area contributed by atoms with Gasteiger partial charge >= 0.3 is 5.69 Å². The monoisotopic (exact) mass is 435 g/mol. The van der Waals surface area contributed by atoms with E-state index in [2.05, 4.69) is 27.0 Å². The number of furan rings is 1. The second kappa shape index (κ2) is 7.99. The zero-order chi connectivity index (χ0) is 21.4. The van der Waals surface area contributed by atoms with Crippen LogP contribution in [-0.2, 0) is 11.3 Å². The molecule has 1 saturated heterocycles. The molecule has 0 spiro atoms. The Bertz CT molecular complexity index is 1270. The quantitative estimate of drug-likeness (QED) is 0.490. The van der Waals surface area contributed by atoms with Crippen LogP contribution >= 0.6 is 11.3 Å². The number of rotatable bonds is 4. The molecule has 0 bridgehead atoms. The summed E-state index contributed by atoms with van der Waals surface area (Å²) in [5.41, 5.74) is 1.68. The molecular weight excluding hydrogens is 414 g/mol. The van der Waals surface area contributed by atoms with Gasteiger partial charge in [0.25, 0.3) is 0 Å². The van der Waals surface area contributed by atoms with Gasteiger partial charge in [-0.3, -0.25) is 9.36 Å². The summed E-state index contributed by atoms with van der Waals surface area (Å²) in [5, 5.41) is 0.799. The van der Waals surface area contributed by atoms with Crippen LogP contribution in [0.2, 0.25) is 0 Å². The molecule has 0 unspecified atom stereocenters. The number of para-hydroxylation sites is 1. The van der Waals surface area contributed by atoms with Gasteiger partial charge in [-0.15, -0.1) is 11.3 Å². The molecule has 9 heteroatoms. The highest BCUT2D eigenvalue weighted by atomic mass is 32.1. The molecule has 0 aliphatic carbocycles. The number of piperazine rings is 1. The van der Waals surface area contributed by atoms with Crippen LogP contribution in [0.4, 0.5) is 5.69 Å². The first-order valence-electron chi connectivity index (χ1n) is 10.1. The van der Waals surface area contributed by atoms with Crippen molar-refractivity contribution in [2.45, 2.75) is 13.5 Å². The average Bonchev–Trinajstić information content (AvgIpc) is 3.46. The van der Waals surface area contributed by atoms with E-state index in [0.717, 1.165) is 23.8 Å². The lowest BCUT2D eigenvalue weighted by molar-refractivity contribution is -0.132. The van der Waals surface area contributed by atoms with Crippen LogP contribution in [0.1, 0.15) is 5.01 Å². The van der Waals surface area contributed by atoms with Gasteiger partial charge in [-0.1, -0.05) is 18.2 Å². The minimum Gasteiger partial charge on any atom is -0.463 e. The van der Waals surface area contributed by atoms with E-state index in [0.29, 0.717) is 34.9 Å². The number of carbonyl (C=O) groups is 1. The third-order valence-corrected chi connectivity index (χ3v) is 6.42. The Hall–Kier alpha value is -3.46. The van der Waals surface area contributed by atoms with E-state index in [1.165, 1.54) is 22.2 Å². The molecule has 5 rings (SSSR count). The van der Waals surface area contributed by atoms with Gasteiger partial charge in [0.2, 0.25) is 5.91 Å². The third kappa shape index (κ3) is 3.72. The summed E-state index contributed by atoms with van der Waals surface area (Å²) >= 11 is 1.38. The highest BCUT2D eigenvalue weighted by Gasteiger charge is 2.24. The molecule has 0 atom stereocenters. The maximum absolute atomic E-state index is 13.0. The highest BCUT2D eigenvalue weighted by Crippen LogP contribution is 2.29. The molecule has 8 nitrogen and oxygen atoms in total. The largest absolute Gasteiger partial charge is 0.463 e. The predicted octanol–water partition coefficient (Wildman–Crippen LogP) is 2.77. The Morgan fingerprint density at radius 3 is 2.55 bits per heavy atom. The molecule has 0 saturated carbocycles. The number of benzene rings is 1. The third-order valence-electron chi connectivity index (χ3n) is 5.43. The first kappa shape index (κ1) is 19.5. The number of fused-ring (bicyclic) bond motifs is 1. The van der Waals surface area contributed by atoms with E-state index in [1.807, 2.05) is 30.0 Å². The van der Waals surface area contributed by atoms with Gasteiger partial charge in [-0.05, 0) is 31.2 Å². The first-order valence-corrected chi connectivity index (χ1v) is 10.9.